The van der Waals surface area contributed by atoms with Gasteiger partial charge in [-0.15, -0.1) is 0 Å². The van der Waals surface area contributed by atoms with Crippen molar-refractivity contribution in [1.29, 1.82) is 0 Å². The molecule has 12 heavy (non-hydrogen) atoms. The van der Waals surface area contributed by atoms with E-state index in [1.54, 1.807) is 0 Å². The van der Waals surface area contributed by atoms with Crippen LogP contribution in [0.4, 0.5) is 0 Å². The predicted octanol–water partition coefficient (Wildman–Crippen LogP) is 2.15. The SMILES string of the molecule is C=C(C)C(/C=C\NCC)=N\CC. The van der Waals surface area contributed by atoms with Crippen LogP contribution in [0.2, 0.25) is 0 Å². The zero-order chi connectivity index (χ0) is 9.40. The van der Waals surface area contributed by atoms with E-state index in [4.69, 9.17) is 0 Å². The summed E-state index contributed by atoms with van der Waals surface area (Å²) in [6.45, 7) is 11.6. The van der Waals surface area contributed by atoms with Gasteiger partial charge in [-0.2, -0.15) is 0 Å². The first-order chi connectivity index (χ1) is 5.72. The van der Waals surface area contributed by atoms with Crippen molar-refractivity contribution in [2.45, 2.75) is 20.8 Å². The molecular weight excluding hydrogens is 148 g/mol. The van der Waals surface area contributed by atoms with Gasteiger partial charge in [0, 0.05) is 13.1 Å². The Bertz CT molecular complexity index is 190. The molecule has 0 aromatic rings. The fourth-order valence-corrected chi connectivity index (χ4v) is 0.756. The lowest BCUT2D eigenvalue weighted by molar-refractivity contribution is 0.920. The molecule has 0 aliphatic carbocycles. The minimum atomic E-state index is 0.804. The number of nitrogens with one attached hydrogen (secondary N) is 1. The molecule has 0 amide bonds. The van der Waals surface area contributed by atoms with E-state index in [0.717, 1.165) is 24.4 Å². The summed E-state index contributed by atoms with van der Waals surface area (Å²) in [6, 6.07) is 0. The van der Waals surface area contributed by atoms with E-state index in [-0.39, 0.29) is 0 Å². The molecule has 0 heterocycles. The molecule has 0 bridgehead atoms. The molecule has 68 valence electrons. The van der Waals surface area contributed by atoms with Gasteiger partial charge in [-0.25, -0.2) is 0 Å². The average molecular weight is 166 g/mol. The molecule has 0 aromatic heterocycles. The second-order valence-corrected chi connectivity index (χ2v) is 2.53. The van der Waals surface area contributed by atoms with Crippen LogP contribution in [0, 0.1) is 0 Å². The topological polar surface area (TPSA) is 24.4 Å². The fraction of sp³-hybridized carbons (Fsp3) is 0.500. The van der Waals surface area contributed by atoms with Crippen molar-refractivity contribution in [3.8, 4) is 0 Å². The molecule has 0 rings (SSSR count). The Labute approximate surface area is 75.1 Å². The second-order valence-electron chi connectivity index (χ2n) is 2.53. The molecule has 2 nitrogen and oxygen atoms in total. The number of hydrogen-bond acceptors (Lipinski definition) is 2. The largest absolute Gasteiger partial charge is 0.391 e. The highest BCUT2D eigenvalue weighted by Crippen LogP contribution is 1.94. The summed E-state index contributed by atoms with van der Waals surface area (Å²) in [5, 5.41) is 3.09. The van der Waals surface area contributed by atoms with Gasteiger partial charge < -0.3 is 5.32 Å². The first-order valence-electron chi connectivity index (χ1n) is 4.32. The van der Waals surface area contributed by atoms with Gasteiger partial charge in [0.15, 0.2) is 0 Å². The van der Waals surface area contributed by atoms with Gasteiger partial charge in [0.05, 0.1) is 5.71 Å². The molecule has 0 aliphatic rings. The Balaban J connectivity index is 4.14. The molecule has 0 radical (unpaired) electrons. The highest BCUT2D eigenvalue weighted by atomic mass is 14.8. The van der Waals surface area contributed by atoms with Crippen molar-refractivity contribution in [3.05, 3.63) is 24.4 Å². The third-order valence-corrected chi connectivity index (χ3v) is 1.33. The van der Waals surface area contributed by atoms with Crippen molar-refractivity contribution < 1.29 is 0 Å². The number of nitrogens with zero attached hydrogens (tertiary/aromatic N) is 1. The van der Waals surface area contributed by atoms with Gasteiger partial charge in [-0.3, -0.25) is 4.99 Å². The monoisotopic (exact) mass is 166 g/mol. The first kappa shape index (κ1) is 11.0. The van der Waals surface area contributed by atoms with Crippen molar-refractivity contribution in [3.63, 3.8) is 0 Å². The Morgan fingerprint density at radius 3 is 2.58 bits per heavy atom. The molecule has 1 N–H and O–H groups in total. The molecule has 0 saturated heterocycles. The van der Waals surface area contributed by atoms with Gasteiger partial charge in [0.1, 0.15) is 0 Å². The third-order valence-electron chi connectivity index (χ3n) is 1.33. The Kier molecular flexibility index (Phi) is 6.07. The summed E-state index contributed by atoms with van der Waals surface area (Å²) in [5.74, 6) is 0. The molecule has 0 atom stereocenters. The second kappa shape index (κ2) is 6.65. The van der Waals surface area contributed by atoms with Gasteiger partial charge >= 0.3 is 0 Å². The van der Waals surface area contributed by atoms with Gasteiger partial charge in [-0.05, 0) is 38.6 Å². The van der Waals surface area contributed by atoms with Crippen LogP contribution in [0.5, 0.6) is 0 Å². The number of hydrogen-bond donors (Lipinski definition) is 1. The smallest absolute Gasteiger partial charge is 0.0611 e. The predicted molar refractivity (Wildman–Crippen MR) is 55.6 cm³/mol. The molecule has 2 heteroatoms. The third kappa shape index (κ3) is 4.72. The molecule has 0 saturated carbocycles. The van der Waals surface area contributed by atoms with Crippen LogP contribution in [0.25, 0.3) is 0 Å². The normalized spacial score (nSPS) is 12.1. The fourth-order valence-electron chi connectivity index (χ4n) is 0.756. The zero-order valence-corrected chi connectivity index (χ0v) is 8.22. The zero-order valence-electron chi connectivity index (χ0n) is 8.22. The quantitative estimate of drug-likeness (QED) is 0.622. The van der Waals surface area contributed by atoms with Crippen molar-refractivity contribution in [2.24, 2.45) is 4.99 Å². The van der Waals surface area contributed by atoms with Crippen LogP contribution < -0.4 is 5.32 Å². The van der Waals surface area contributed by atoms with E-state index < -0.39 is 0 Å². The van der Waals surface area contributed by atoms with E-state index in [2.05, 4.69) is 23.8 Å². The lowest BCUT2D eigenvalue weighted by atomic mass is 10.2. The van der Waals surface area contributed by atoms with Gasteiger partial charge in [0.25, 0.3) is 0 Å². The van der Waals surface area contributed by atoms with Crippen LogP contribution >= 0.6 is 0 Å². The van der Waals surface area contributed by atoms with Crippen LogP contribution in [0.3, 0.4) is 0 Å². The summed E-state index contributed by atoms with van der Waals surface area (Å²) in [5.41, 5.74) is 1.98. The molecule has 0 aliphatic heterocycles. The molecule has 0 spiro atoms. The number of rotatable bonds is 5. The summed E-state index contributed by atoms with van der Waals surface area (Å²) in [4.78, 5) is 4.29. The molecule has 0 aromatic carbocycles. The minimum absolute atomic E-state index is 0.804. The highest BCUT2D eigenvalue weighted by molar-refractivity contribution is 6.07. The van der Waals surface area contributed by atoms with E-state index in [0.29, 0.717) is 0 Å². The molecule has 0 fully saturated rings. The van der Waals surface area contributed by atoms with Crippen LogP contribution in [-0.2, 0) is 0 Å². The lowest BCUT2D eigenvalue weighted by Crippen LogP contribution is -2.04. The maximum Gasteiger partial charge on any atom is 0.0611 e. The Hall–Kier alpha value is -1.05. The van der Waals surface area contributed by atoms with Gasteiger partial charge in [0.2, 0.25) is 0 Å². The van der Waals surface area contributed by atoms with Crippen molar-refractivity contribution >= 4 is 5.71 Å². The number of allylic oxidation sites excluding steroid dienone is 2. The van der Waals surface area contributed by atoms with E-state index in [9.17, 15) is 0 Å². The Morgan fingerprint density at radius 2 is 2.17 bits per heavy atom. The van der Waals surface area contributed by atoms with Crippen molar-refractivity contribution in [2.75, 3.05) is 13.1 Å². The highest BCUT2D eigenvalue weighted by Gasteiger charge is 1.91. The summed E-state index contributed by atoms with van der Waals surface area (Å²) in [6.07, 6.45) is 3.86. The van der Waals surface area contributed by atoms with Gasteiger partial charge in [-0.1, -0.05) is 6.58 Å². The molecule has 0 unspecified atom stereocenters. The van der Waals surface area contributed by atoms with Crippen LogP contribution in [0.1, 0.15) is 20.8 Å². The van der Waals surface area contributed by atoms with E-state index >= 15 is 0 Å². The van der Waals surface area contributed by atoms with Crippen LogP contribution in [0.15, 0.2) is 29.4 Å². The lowest BCUT2D eigenvalue weighted by Gasteiger charge is -1.98. The first-order valence-corrected chi connectivity index (χ1v) is 4.32. The standard InChI is InChI=1S/C10H18N2/c1-5-11-8-7-10(9(3)4)12-6-2/h7-8,11H,3,5-6H2,1-2,4H3/b8-7-,12-10-. The van der Waals surface area contributed by atoms with E-state index in [1.165, 1.54) is 0 Å². The summed E-state index contributed by atoms with van der Waals surface area (Å²) >= 11 is 0. The summed E-state index contributed by atoms with van der Waals surface area (Å²) < 4.78 is 0. The summed E-state index contributed by atoms with van der Waals surface area (Å²) in [7, 11) is 0. The maximum atomic E-state index is 4.29. The minimum Gasteiger partial charge on any atom is -0.391 e. The molecular formula is C10H18N2. The number of aliphatic imine (C=N–C) groups is 1. The van der Waals surface area contributed by atoms with E-state index in [1.807, 2.05) is 26.1 Å². The van der Waals surface area contributed by atoms with Crippen LogP contribution in [-0.4, -0.2) is 18.8 Å². The average Bonchev–Trinajstić information content (AvgIpc) is 2.03. The van der Waals surface area contributed by atoms with Crippen molar-refractivity contribution in [1.82, 2.24) is 5.32 Å². The Morgan fingerprint density at radius 1 is 1.50 bits per heavy atom. The maximum absolute atomic E-state index is 4.29.